The van der Waals surface area contributed by atoms with Crippen molar-refractivity contribution in [2.75, 3.05) is 0 Å². The SMILES string of the molecule is C=C1CC[C@@]2(C)C3=C(CCC2C1)C1(C)CC(C)CC1CC3. The first-order chi connectivity index (χ1) is 9.93. The van der Waals surface area contributed by atoms with E-state index in [4.69, 9.17) is 0 Å². The van der Waals surface area contributed by atoms with Gasteiger partial charge in [-0.3, -0.25) is 0 Å². The highest BCUT2D eigenvalue weighted by Crippen LogP contribution is 2.65. The molecule has 0 N–H and O–H groups in total. The van der Waals surface area contributed by atoms with Gasteiger partial charge in [0.15, 0.2) is 0 Å². The Balaban J connectivity index is 1.77. The Labute approximate surface area is 131 Å². The number of hydrogen-bond donors (Lipinski definition) is 0. The summed E-state index contributed by atoms with van der Waals surface area (Å²) in [4.78, 5) is 0. The molecule has 0 aromatic heterocycles. The third-order valence-corrected chi connectivity index (χ3v) is 8.02. The highest BCUT2D eigenvalue weighted by atomic mass is 14.6. The molecule has 2 fully saturated rings. The van der Waals surface area contributed by atoms with Gasteiger partial charge >= 0.3 is 0 Å². The molecule has 4 aliphatic rings. The maximum Gasteiger partial charge on any atom is -0.00791 e. The van der Waals surface area contributed by atoms with E-state index in [9.17, 15) is 0 Å². The predicted octanol–water partition coefficient (Wildman–Crippen LogP) is 6.29. The number of fused-ring (bicyclic) bond motifs is 4. The highest BCUT2D eigenvalue weighted by molar-refractivity contribution is 5.36. The second kappa shape index (κ2) is 4.49. The molecule has 0 aromatic rings. The van der Waals surface area contributed by atoms with Crippen LogP contribution in [0.3, 0.4) is 0 Å². The molecule has 0 radical (unpaired) electrons. The fourth-order valence-electron chi connectivity index (χ4n) is 6.86. The van der Waals surface area contributed by atoms with E-state index in [0.717, 1.165) is 17.8 Å². The van der Waals surface area contributed by atoms with Gasteiger partial charge in [-0.2, -0.15) is 0 Å². The molecule has 21 heavy (non-hydrogen) atoms. The van der Waals surface area contributed by atoms with E-state index in [-0.39, 0.29) is 0 Å². The Morgan fingerprint density at radius 2 is 1.62 bits per heavy atom. The maximum atomic E-state index is 4.30. The van der Waals surface area contributed by atoms with Crippen molar-refractivity contribution in [3.63, 3.8) is 0 Å². The van der Waals surface area contributed by atoms with Crippen LogP contribution in [0.4, 0.5) is 0 Å². The fourth-order valence-corrected chi connectivity index (χ4v) is 6.86. The summed E-state index contributed by atoms with van der Waals surface area (Å²) in [7, 11) is 0. The van der Waals surface area contributed by atoms with Crippen LogP contribution in [0.25, 0.3) is 0 Å². The second-order valence-corrected chi connectivity index (χ2v) is 9.26. The minimum Gasteiger partial charge on any atom is -0.0999 e. The van der Waals surface area contributed by atoms with Crippen LogP contribution in [0, 0.1) is 28.6 Å². The molecular weight excluding hydrogens is 252 g/mol. The largest absolute Gasteiger partial charge is 0.0999 e. The van der Waals surface area contributed by atoms with E-state index in [2.05, 4.69) is 27.4 Å². The zero-order valence-electron chi connectivity index (χ0n) is 14.3. The van der Waals surface area contributed by atoms with Crippen molar-refractivity contribution in [2.45, 2.75) is 78.6 Å². The Bertz CT molecular complexity index is 510. The molecule has 0 amide bonds. The van der Waals surface area contributed by atoms with Gasteiger partial charge in [-0.25, -0.2) is 0 Å². The van der Waals surface area contributed by atoms with Crippen LogP contribution in [0.15, 0.2) is 23.3 Å². The Kier molecular flexibility index (Phi) is 3.02. The minimum absolute atomic E-state index is 0.522. The van der Waals surface area contributed by atoms with Crippen molar-refractivity contribution in [1.29, 1.82) is 0 Å². The van der Waals surface area contributed by atoms with Gasteiger partial charge in [0.2, 0.25) is 0 Å². The van der Waals surface area contributed by atoms with Crippen LogP contribution in [0.1, 0.15) is 78.6 Å². The van der Waals surface area contributed by atoms with Crippen molar-refractivity contribution in [1.82, 2.24) is 0 Å². The van der Waals surface area contributed by atoms with E-state index in [1.54, 1.807) is 0 Å². The third kappa shape index (κ3) is 1.87. The van der Waals surface area contributed by atoms with Crippen LogP contribution in [0.5, 0.6) is 0 Å². The molecule has 4 aliphatic carbocycles. The van der Waals surface area contributed by atoms with Crippen molar-refractivity contribution in [3.05, 3.63) is 23.3 Å². The minimum atomic E-state index is 0.522. The molecule has 2 saturated carbocycles. The van der Waals surface area contributed by atoms with Gasteiger partial charge in [0.05, 0.1) is 0 Å². The average Bonchev–Trinajstić information content (AvgIpc) is 2.73. The van der Waals surface area contributed by atoms with Gasteiger partial charge in [0.25, 0.3) is 0 Å². The van der Waals surface area contributed by atoms with Crippen molar-refractivity contribution < 1.29 is 0 Å². The van der Waals surface area contributed by atoms with Crippen LogP contribution in [0.2, 0.25) is 0 Å². The topological polar surface area (TPSA) is 0 Å². The molecule has 4 unspecified atom stereocenters. The van der Waals surface area contributed by atoms with E-state index >= 15 is 0 Å². The summed E-state index contributed by atoms with van der Waals surface area (Å²) in [6.07, 6.45) is 12.7. The number of allylic oxidation sites excluding steroid dienone is 3. The van der Waals surface area contributed by atoms with Crippen LogP contribution >= 0.6 is 0 Å². The summed E-state index contributed by atoms with van der Waals surface area (Å²) in [5.41, 5.74) is 6.48. The summed E-state index contributed by atoms with van der Waals surface area (Å²) >= 11 is 0. The van der Waals surface area contributed by atoms with E-state index < -0.39 is 0 Å². The van der Waals surface area contributed by atoms with Gasteiger partial charge in [-0.05, 0) is 86.4 Å². The lowest BCUT2D eigenvalue weighted by atomic mass is 9.51. The first-order valence-corrected chi connectivity index (χ1v) is 9.33. The maximum absolute atomic E-state index is 4.30. The van der Waals surface area contributed by atoms with E-state index in [0.29, 0.717) is 10.8 Å². The Morgan fingerprint density at radius 1 is 0.952 bits per heavy atom. The van der Waals surface area contributed by atoms with Gasteiger partial charge < -0.3 is 0 Å². The lowest BCUT2D eigenvalue weighted by molar-refractivity contribution is 0.118. The molecule has 0 aromatic carbocycles. The smallest absolute Gasteiger partial charge is 0.00791 e. The summed E-state index contributed by atoms with van der Waals surface area (Å²) in [5, 5.41) is 0. The molecule has 4 rings (SSSR count). The molecule has 0 bridgehead atoms. The van der Waals surface area contributed by atoms with Gasteiger partial charge in [0.1, 0.15) is 0 Å². The lowest BCUT2D eigenvalue weighted by Gasteiger charge is -2.54. The summed E-state index contributed by atoms with van der Waals surface area (Å²) in [6.45, 7) is 12.0. The molecular formula is C21H32. The Hall–Kier alpha value is -0.520. The summed E-state index contributed by atoms with van der Waals surface area (Å²) < 4.78 is 0. The molecule has 5 atom stereocenters. The monoisotopic (exact) mass is 284 g/mol. The molecule has 0 heteroatoms. The first kappa shape index (κ1) is 14.1. The standard InChI is InChI=1S/C21H32/c1-14-9-10-20(3)16(11-14)5-8-19-18(20)7-6-17-12-15(2)13-21(17,19)4/h15-17H,1,5-13H2,2-4H3/t15?,16?,17?,20-,21?/m1/s1. The Morgan fingerprint density at radius 3 is 2.38 bits per heavy atom. The average molecular weight is 284 g/mol. The van der Waals surface area contributed by atoms with Crippen LogP contribution in [-0.4, -0.2) is 0 Å². The fraction of sp³-hybridized carbons (Fsp3) is 0.810. The molecule has 0 spiro atoms. The van der Waals surface area contributed by atoms with Gasteiger partial charge in [0, 0.05) is 0 Å². The quantitative estimate of drug-likeness (QED) is 0.459. The molecule has 0 heterocycles. The van der Waals surface area contributed by atoms with Gasteiger partial charge in [-0.1, -0.05) is 44.1 Å². The second-order valence-electron chi connectivity index (χ2n) is 9.26. The van der Waals surface area contributed by atoms with Gasteiger partial charge in [-0.15, -0.1) is 0 Å². The molecule has 0 aliphatic heterocycles. The molecule has 116 valence electrons. The summed E-state index contributed by atoms with van der Waals surface area (Å²) in [5.74, 6) is 2.84. The summed E-state index contributed by atoms with van der Waals surface area (Å²) in [6, 6.07) is 0. The third-order valence-electron chi connectivity index (χ3n) is 8.02. The normalized spacial score (nSPS) is 49.7. The first-order valence-electron chi connectivity index (χ1n) is 9.33. The van der Waals surface area contributed by atoms with Crippen LogP contribution in [-0.2, 0) is 0 Å². The molecule has 0 saturated heterocycles. The van der Waals surface area contributed by atoms with Crippen molar-refractivity contribution in [3.8, 4) is 0 Å². The molecule has 0 nitrogen and oxygen atoms in total. The van der Waals surface area contributed by atoms with Crippen molar-refractivity contribution >= 4 is 0 Å². The zero-order valence-corrected chi connectivity index (χ0v) is 14.3. The van der Waals surface area contributed by atoms with Crippen LogP contribution < -0.4 is 0 Å². The number of rotatable bonds is 0. The number of hydrogen-bond acceptors (Lipinski definition) is 0. The lowest BCUT2D eigenvalue weighted by Crippen LogP contribution is -2.42. The van der Waals surface area contributed by atoms with E-state index in [1.165, 1.54) is 63.4 Å². The van der Waals surface area contributed by atoms with Crippen molar-refractivity contribution in [2.24, 2.45) is 28.6 Å². The predicted molar refractivity (Wildman–Crippen MR) is 90.1 cm³/mol. The highest BCUT2D eigenvalue weighted by Gasteiger charge is 2.53. The zero-order chi connectivity index (χ0) is 14.8. The van der Waals surface area contributed by atoms with E-state index in [1.807, 2.05) is 11.1 Å².